The molecule has 0 spiro atoms. The molecule has 11 heavy (non-hydrogen) atoms. The van der Waals surface area contributed by atoms with E-state index in [2.05, 4.69) is 0 Å². The SMILES string of the molecule is CC(=O)C1CCOOC1(C)C. The molecule has 0 bridgehead atoms. The predicted octanol–water partition coefficient (Wildman–Crippen LogP) is 1.32. The van der Waals surface area contributed by atoms with Gasteiger partial charge < -0.3 is 0 Å². The second kappa shape index (κ2) is 2.91. The van der Waals surface area contributed by atoms with E-state index in [9.17, 15) is 4.79 Å². The van der Waals surface area contributed by atoms with E-state index in [0.717, 1.165) is 6.42 Å². The zero-order valence-corrected chi connectivity index (χ0v) is 7.22. The summed E-state index contributed by atoms with van der Waals surface area (Å²) in [7, 11) is 0. The fourth-order valence-corrected chi connectivity index (χ4v) is 1.46. The summed E-state index contributed by atoms with van der Waals surface area (Å²) >= 11 is 0. The molecule has 1 atom stereocenters. The van der Waals surface area contributed by atoms with Crippen molar-refractivity contribution in [1.82, 2.24) is 0 Å². The molecular weight excluding hydrogens is 144 g/mol. The minimum Gasteiger partial charge on any atom is -0.300 e. The lowest BCUT2D eigenvalue weighted by Gasteiger charge is -2.35. The Hall–Kier alpha value is -0.410. The Morgan fingerprint density at radius 3 is 2.55 bits per heavy atom. The largest absolute Gasteiger partial charge is 0.300 e. The third-order valence-corrected chi connectivity index (χ3v) is 2.09. The molecule has 1 aliphatic heterocycles. The van der Waals surface area contributed by atoms with Crippen molar-refractivity contribution in [3.63, 3.8) is 0 Å². The number of rotatable bonds is 1. The second-order valence-electron chi connectivity index (χ2n) is 3.46. The van der Waals surface area contributed by atoms with Crippen molar-refractivity contribution in [1.29, 1.82) is 0 Å². The second-order valence-corrected chi connectivity index (χ2v) is 3.46. The van der Waals surface area contributed by atoms with Gasteiger partial charge in [-0.3, -0.25) is 4.79 Å². The molecular formula is C8H14O3. The molecule has 0 aromatic carbocycles. The van der Waals surface area contributed by atoms with E-state index < -0.39 is 5.60 Å². The average molecular weight is 158 g/mol. The van der Waals surface area contributed by atoms with Crippen LogP contribution in [0.5, 0.6) is 0 Å². The highest BCUT2D eigenvalue weighted by atomic mass is 17.2. The maximum absolute atomic E-state index is 11.1. The number of ketones is 1. The Morgan fingerprint density at radius 2 is 2.18 bits per heavy atom. The lowest BCUT2D eigenvalue weighted by atomic mass is 9.85. The first kappa shape index (κ1) is 8.68. The molecule has 1 fully saturated rings. The number of hydrogen-bond acceptors (Lipinski definition) is 3. The highest BCUT2D eigenvalue weighted by Crippen LogP contribution is 2.29. The van der Waals surface area contributed by atoms with Gasteiger partial charge in [0.15, 0.2) is 0 Å². The molecule has 1 unspecified atom stereocenters. The van der Waals surface area contributed by atoms with Crippen molar-refractivity contribution < 1.29 is 14.6 Å². The molecule has 1 saturated heterocycles. The summed E-state index contributed by atoms with van der Waals surface area (Å²) in [5.41, 5.74) is -0.454. The van der Waals surface area contributed by atoms with Gasteiger partial charge in [-0.15, -0.1) is 0 Å². The lowest BCUT2D eigenvalue weighted by molar-refractivity contribution is -0.384. The van der Waals surface area contributed by atoms with Crippen molar-refractivity contribution in [2.75, 3.05) is 6.61 Å². The number of Topliss-reactive ketones (excluding diaryl/α,β-unsaturated/α-hetero) is 1. The van der Waals surface area contributed by atoms with Gasteiger partial charge in [-0.25, -0.2) is 9.78 Å². The van der Waals surface area contributed by atoms with Crippen LogP contribution in [0.3, 0.4) is 0 Å². The molecule has 0 aliphatic carbocycles. The standard InChI is InChI=1S/C8H14O3/c1-6(9)7-4-5-10-11-8(7,2)3/h7H,4-5H2,1-3H3. The summed E-state index contributed by atoms with van der Waals surface area (Å²) in [6.07, 6.45) is 0.766. The van der Waals surface area contributed by atoms with Crippen LogP contribution < -0.4 is 0 Å². The Balaban J connectivity index is 2.67. The molecule has 0 saturated carbocycles. The van der Waals surface area contributed by atoms with Crippen LogP contribution in [0.4, 0.5) is 0 Å². The molecule has 3 nitrogen and oxygen atoms in total. The minimum absolute atomic E-state index is 0.0174. The summed E-state index contributed by atoms with van der Waals surface area (Å²) in [5.74, 6) is 0.162. The zero-order chi connectivity index (χ0) is 8.48. The fraction of sp³-hybridized carbons (Fsp3) is 0.875. The monoisotopic (exact) mass is 158 g/mol. The van der Waals surface area contributed by atoms with Gasteiger partial charge >= 0.3 is 0 Å². The molecule has 0 aromatic heterocycles. The van der Waals surface area contributed by atoms with E-state index in [0.29, 0.717) is 6.61 Å². The van der Waals surface area contributed by atoms with Crippen molar-refractivity contribution in [3.05, 3.63) is 0 Å². The molecule has 1 aliphatic rings. The van der Waals surface area contributed by atoms with Gasteiger partial charge in [-0.05, 0) is 27.2 Å². The van der Waals surface area contributed by atoms with Gasteiger partial charge in [0.05, 0.1) is 12.5 Å². The van der Waals surface area contributed by atoms with Crippen LogP contribution in [-0.2, 0) is 14.6 Å². The number of carbonyl (C=O) groups excluding carboxylic acids is 1. The molecule has 0 radical (unpaired) electrons. The van der Waals surface area contributed by atoms with Gasteiger partial charge in [-0.1, -0.05) is 0 Å². The van der Waals surface area contributed by atoms with E-state index in [1.807, 2.05) is 13.8 Å². The van der Waals surface area contributed by atoms with E-state index in [1.54, 1.807) is 6.92 Å². The molecule has 1 rings (SSSR count). The summed E-state index contributed by atoms with van der Waals surface area (Å²) in [4.78, 5) is 20.9. The summed E-state index contributed by atoms with van der Waals surface area (Å²) in [6.45, 7) is 5.87. The smallest absolute Gasteiger partial charge is 0.135 e. The van der Waals surface area contributed by atoms with Crippen LogP contribution in [0.15, 0.2) is 0 Å². The Bertz CT molecular complexity index is 163. The van der Waals surface area contributed by atoms with Crippen molar-refractivity contribution in [2.45, 2.75) is 32.8 Å². The van der Waals surface area contributed by atoms with Gasteiger partial charge in [-0.2, -0.15) is 0 Å². The fourth-order valence-electron chi connectivity index (χ4n) is 1.46. The lowest BCUT2D eigenvalue weighted by Crippen LogP contribution is -2.43. The summed E-state index contributed by atoms with van der Waals surface area (Å²) < 4.78 is 0. The number of carbonyl (C=O) groups is 1. The first-order chi connectivity index (χ1) is 5.04. The van der Waals surface area contributed by atoms with E-state index in [4.69, 9.17) is 9.78 Å². The highest BCUT2D eigenvalue weighted by molar-refractivity contribution is 5.79. The summed E-state index contributed by atoms with van der Waals surface area (Å²) in [6, 6.07) is 0. The van der Waals surface area contributed by atoms with Crippen LogP contribution in [0.25, 0.3) is 0 Å². The van der Waals surface area contributed by atoms with Crippen LogP contribution in [0.2, 0.25) is 0 Å². The van der Waals surface area contributed by atoms with Crippen LogP contribution >= 0.6 is 0 Å². The van der Waals surface area contributed by atoms with Crippen molar-refractivity contribution in [2.24, 2.45) is 5.92 Å². The Morgan fingerprint density at radius 1 is 1.55 bits per heavy atom. The van der Waals surface area contributed by atoms with E-state index in [1.165, 1.54) is 0 Å². The molecule has 1 heterocycles. The van der Waals surface area contributed by atoms with Gasteiger partial charge in [0.1, 0.15) is 11.4 Å². The first-order valence-electron chi connectivity index (χ1n) is 3.85. The topological polar surface area (TPSA) is 35.5 Å². The molecule has 0 aromatic rings. The predicted molar refractivity (Wildman–Crippen MR) is 39.9 cm³/mol. The first-order valence-corrected chi connectivity index (χ1v) is 3.85. The Kier molecular flexibility index (Phi) is 2.30. The average Bonchev–Trinajstić information content (AvgIpc) is 1.85. The molecule has 3 heteroatoms. The molecule has 64 valence electrons. The van der Waals surface area contributed by atoms with E-state index in [-0.39, 0.29) is 11.7 Å². The van der Waals surface area contributed by atoms with Crippen LogP contribution in [-0.4, -0.2) is 18.0 Å². The van der Waals surface area contributed by atoms with Crippen LogP contribution in [0.1, 0.15) is 27.2 Å². The summed E-state index contributed by atoms with van der Waals surface area (Å²) in [5, 5.41) is 0. The van der Waals surface area contributed by atoms with Gasteiger partial charge in [0, 0.05) is 0 Å². The third kappa shape index (κ3) is 1.79. The third-order valence-electron chi connectivity index (χ3n) is 2.09. The highest BCUT2D eigenvalue weighted by Gasteiger charge is 2.37. The quantitative estimate of drug-likeness (QED) is 0.540. The molecule has 0 N–H and O–H groups in total. The normalized spacial score (nSPS) is 29.9. The molecule has 0 amide bonds. The van der Waals surface area contributed by atoms with Crippen molar-refractivity contribution >= 4 is 5.78 Å². The maximum Gasteiger partial charge on any atom is 0.135 e. The Labute approximate surface area is 66.6 Å². The van der Waals surface area contributed by atoms with Gasteiger partial charge in [0.25, 0.3) is 0 Å². The van der Waals surface area contributed by atoms with Gasteiger partial charge in [0.2, 0.25) is 0 Å². The zero-order valence-electron chi connectivity index (χ0n) is 7.22. The van der Waals surface area contributed by atoms with Crippen LogP contribution in [0, 0.1) is 5.92 Å². The minimum atomic E-state index is -0.454. The maximum atomic E-state index is 11.1. The number of hydrogen-bond donors (Lipinski definition) is 0. The van der Waals surface area contributed by atoms with E-state index >= 15 is 0 Å². The van der Waals surface area contributed by atoms with Crippen molar-refractivity contribution in [3.8, 4) is 0 Å².